The van der Waals surface area contributed by atoms with Gasteiger partial charge >= 0.3 is 0 Å². The van der Waals surface area contributed by atoms with Crippen molar-refractivity contribution >= 4 is 44.2 Å². The van der Waals surface area contributed by atoms with E-state index < -0.39 is 0 Å². The highest BCUT2D eigenvalue weighted by Crippen LogP contribution is 2.22. The number of carbonyl (C=O) groups excluding carboxylic acids is 1. The zero-order valence-electron chi connectivity index (χ0n) is 10.3. The Kier molecular flexibility index (Phi) is 3.75. The Balaban J connectivity index is 1.84. The van der Waals surface area contributed by atoms with Gasteiger partial charge in [0.1, 0.15) is 5.52 Å². The Morgan fingerprint density at radius 2 is 2.10 bits per heavy atom. The summed E-state index contributed by atoms with van der Waals surface area (Å²) in [7, 11) is 0. The number of para-hydroxylation sites is 1. The van der Waals surface area contributed by atoms with E-state index in [4.69, 9.17) is 0 Å². The van der Waals surface area contributed by atoms with E-state index >= 15 is 0 Å². The minimum Gasteiger partial charge on any atom is -0.347 e. The molecule has 3 aromatic rings. The summed E-state index contributed by atoms with van der Waals surface area (Å²) in [5.41, 5.74) is 1.89. The fourth-order valence-electron chi connectivity index (χ4n) is 1.88. The number of fused-ring (bicyclic) bond motifs is 1. The van der Waals surface area contributed by atoms with E-state index in [-0.39, 0.29) is 5.91 Å². The van der Waals surface area contributed by atoms with Crippen LogP contribution in [0.3, 0.4) is 0 Å². The third kappa shape index (κ3) is 2.57. The molecule has 100 valence electrons. The van der Waals surface area contributed by atoms with E-state index in [2.05, 4.69) is 31.2 Å². The summed E-state index contributed by atoms with van der Waals surface area (Å²) in [6.07, 6.45) is 3.21. The number of hydrogen-bond acceptors (Lipinski definition) is 4. The van der Waals surface area contributed by atoms with Crippen molar-refractivity contribution in [2.45, 2.75) is 6.54 Å². The van der Waals surface area contributed by atoms with Crippen LogP contribution in [0.4, 0.5) is 0 Å². The molecule has 2 heterocycles. The maximum atomic E-state index is 12.3. The van der Waals surface area contributed by atoms with Crippen LogP contribution in [-0.4, -0.2) is 15.9 Å². The lowest BCUT2D eigenvalue weighted by molar-refractivity contribution is 0.0952. The lowest BCUT2D eigenvalue weighted by atomic mass is 10.1. The first kappa shape index (κ1) is 13.2. The average molecular weight is 348 g/mol. The summed E-state index contributed by atoms with van der Waals surface area (Å²) < 4.78 is 1.01. The minimum atomic E-state index is -0.142. The number of amides is 1. The van der Waals surface area contributed by atoms with Crippen LogP contribution >= 0.6 is 27.3 Å². The molecular weight excluding hydrogens is 338 g/mol. The predicted molar refractivity (Wildman–Crippen MR) is 82.7 cm³/mol. The number of thiophene rings is 1. The Bertz CT molecular complexity index is 766. The fourth-order valence-corrected chi connectivity index (χ4v) is 3.32. The Morgan fingerprint density at radius 3 is 2.90 bits per heavy atom. The molecule has 0 spiro atoms. The van der Waals surface area contributed by atoms with Crippen LogP contribution in [0.25, 0.3) is 11.0 Å². The number of hydrogen-bond donors (Lipinski definition) is 1. The topological polar surface area (TPSA) is 54.9 Å². The number of nitrogens with one attached hydrogen (secondary N) is 1. The minimum absolute atomic E-state index is 0.142. The van der Waals surface area contributed by atoms with Crippen LogP contribution in [0.5, 0.6) is 0 Å². The number of benzene rings is 1. The second-order valence-corrected chi connectivity index (χ2v) is 5.96. The molecule has 0 aliphatic carbocycles. The second-order valence-electron chi connectivity index (χ2n) is 4.10. The third-order valence-electron chi connectivity index (χ3n) is 2.84. The first-order chi connectivity index (χ1) is 9.75. The SMILES string of the molecule is O=C(NCc1sccc1Br)c1cccc2nccnc12. The van der Waals surface area contributed by atoms with Crippen molar-refractivity contribution in [3.05, 3.63) is 57.0 Å². The number of aromatic nitrogens is 2. The van der Waals surface area contributed by atoms with Gasteiger partial charge in [-0.25, -0.2) is 0 Å². The molecule has 1 amide bonds. The first-order valence-corrected chi connectivity index (χ1v) is 7.63. The summed E-state index contributed by atoms with van der Waals surface area (Å²) in [4.78, 5) is 21.8. The highest BCUT2D eigenvalue weighted by atomic mass is 79.9. The standard InChI is InChI=1S/C14H10BrN3OS/c15-10-4-7-20-12(10)8-18-14(19)9-2-1-3-11-13(9)17-6-5-16-11/h1-7H,8H2,(H,18,19). The molecule has 0 atom stereocenters. The van der Waals surface area contributed by atoms with Gasteiger partial charge in [0.05, 0.1) is 17.6 Å². The molecule has 3 rings (SSSR count). The molecule has 0 aliphatic heterocycles. The summed E-state index contributed by atoms with van der Waals surface area (Å²) >= 11 is 5.05. The van der Waals surface area contributed by atoms with E-state index in [0.717, 1.165) is 14.9 Å². The van der Waals surface area contributed by atoms with E-state index in [0.29, 0.717) is 17.6 Å². The van der Waals surface area contributed by atoms with Crippen LogP contribution in [0.1, 0.15) is 15.2 Å². The maximum absolute atomic E-state index is 12.3. The van der Waals surface area contributed by atoms with Crippen molar-refractivity contribution in [1.29, 1.82) is 0 Å². The molecule has 20 heavy (non-hydrogen) atoms. The molecular formula is C14H10BrN3OS. The highest BCUT2D eigenvalue weighted by Gasteiger charge is 2.11. The van der Waals surface area contributed by atoms with Crippen molar-refractivity contribution < 1.29 is 4.79 Å². The van der Waals surface area contributed by atoms with E-state index in [1.54, 1.807) is 29.8 Å². The number of nitrogens with zero attached hydrogens (tertiary/aromatic N) is 2. The van der Waals surface area contributed by atoms with Gasteiger partial charge in [0, 0.05) is 21.7 Å². The van der Waals surface area contributed by atoms with Crippen LogP contribution in [0.15, 0.2) is 46.5 Å². The van der Waals surface area contributed by atoms with Gasteiger partial charge in [-0.3, -0.25) is 14.8 Å². The first-order valence-electron chi connectivity index (χ1n) is 5.95. The van der Waals surface area contributed by atoms with Gasteiger partial charge < -0.3 is 5.32 Å². The van der Waals surface area contributed by atoms with Crippen molar-refractivity contribution in [2.75, 3.05) is 0 Å². The molecule has 0 saturated heterocycles. The Morgan fingerprint density at radius 1 is 1.25 bits per heavy atom. The van der Waals surface area contributed by atoms with Gasteiger partial charge in [-0.05, 0) is 39.5 Å². The zero-order chi connectivity index (χ0) is 13.9. The average Bonchev–Trinajstić information content (AvgIpc) is 2.89. The van der Waals surface area contributed by atoms with Crippen LogP contribution < -0.4 is 5.32 Å². The summed E-state index contributed by atoms with van der Waals surface area (Å²) in [6, 6.07) is 7.38. The Labute approximate surface area is 128 Å². The fraction of sp³-hybridized carbons (Fsp3) is 0.0714. The predicted octanol–water partition coefficient (Wildman–Crippen LogP) is 3.38. The van der Waals surface area contributed by atoms with Crippen molar-refractivity contribution in [2.24, 2.45) is 0 Å². The molecule has 1 aromatic carbocycles. The van der Waals surface area contributed by atoms with Gasteiger partial charge in [-0.2, -0.15) is 0 Å². The number of rotatable bonds is 3. The van der Waals surface area contributed by atoms with Gasteiger partial charge in [0.15, 0.2) is 0 Å². The van der Waals surface area contributed by atoms with Gasteiger partial charge in [0.2, 0.25) is 0 Å². The van der Waals surface area contributed by atoms with E-state index in [1.165, 1.54) is 0 Å². The third-order valence-corrected chi connectivity index (χ3v) is 4.77. The zero-order valence-corrected chi connectivity index (χ0v) is 12.7. The molecule has 0 bridgehead atoms. The van der Waals surface area contributed by atoms with Crippen molar-refractivity contribution in [3.63, 3.8) is 0 Å². The van der Waals surface area contributed by atoms with Crippen LogP contribution in [-0.2, 0) is 6.54 Å². The highest BCUT2D eigenvalue weighted by molar-refractivity contribution is 9.10. The number of carbonyl (C=O) groups is 1. The molecule has 6 heteroatoms. The molecule has 2 aromatic heterocycles. The molecule has 4 nitrogen and oxygen atoms in total. The normalized spacial score (nSPS) is 10.7. The van der Waals surface area contributed by atoms with Crippen LogP contribution in [0.2, 0.25) is 0 Å². The van der Waals surface area contributed by atoms with Crippen LogP contribution in [0, 0.1) is 0 Å². The molecule has 0 aliphatic rings. The maximum Gasteiger partial charge on any atom is 0.253 e. The second kappa shape index (κ2) is 5.68. The van der Waals surface area contributed by atoms with Gasteiger partial charge in [0.25, 0.3) is 5.91 Å². The lowest BCUT2D eigenvalue weighted by Crippen LogP contribution is -2.23. The van der Waals surface area contributed by atoms with E-state index in [9.17, 15) is 4.79 Å². The lowest BCUT2D eigenvalue weighted by Gasteiger charge is -2.06. The van der Waals surface area contributed by atoms with Gasteiger partial charge in [-0.15, -0.1) is 11.3 Å². The van der Waals surface area contributed by atoms with E-state index in [1.807, 2.05) is 23.6 Å². The summed E-state index contributed by atoms with van der Waals surface area (Å²) in [5.74, 6) is -0.142. The summed E-state index contributed by atoms with van der Waals surface area (Å²) in [5, 5.41) is 4.89. The van der Waals surface area contributed by atoms with Gasteiger partial charge in [-0.1, -0.05) is 6.07 Å². The molecule has 0 fully saturated rings. The van der Waals surface area contributed by atoms with Crippen molar-refractivity contribution in [3.8, 4) is 0 Å². The molecule has 0 radical (unpaired) electrons. The summed E-state index contributed by atoms with van der Waals surface area (Å²) in [6.45, 7) is 0.494. The Hall–Kier alpha value is -1.79. The van der Waals surface area contributed by atoms with Crippen molar-refractivity contribution in [1.82, 2.24) is 15.3 Å². The molecule has 0 saturated carbocycles. The monoisotopic (exact) mass is 347 g/mol. The largest absolute Gasteiger partial charge is 0.347 e. The number of halogens is 1. The smallest absolute Gasteiger partial charge is 0.253 e. The molecule has 0 unspecified atom stereocenters. The quantitative estimate of drug-likeness (QED) is 0.790. The molecule has 1 N–H and O–H groups in total.